The molecule has 17 heavy (non-hydrogen) atoms. The van der Waals surface area contributed by atoms with Crippen LogP contribution in [0.4, 0.5) is 13.2 Å². The third-order valence-corrected chi connectivity index (χ3v) is 3.12. The summed E-state index contributed by atoms with van der Waals surface area (Å²) in [4.78, 5) is 11.2. The highest BCUT2D eigenvalue weighted by Crippen LogP contribution is 2.28. The molecule has 1 fully saturated rings. The molecule has 100 valence electrons. The Bertz CT molecular complexity index is 250. The summed E-state index contributed by atoms with van der Waals surface area (Å²) in [5.41, 5.74) is 0. The predicted octanol–water partition coefficient (Wildman–Crippen LogP) is 2.00. The van der Waals surface area contributed by atoms with Crippen molar-refractivity contribution in [2.45, 2.75) is 50.8 Å². The van der Waals surface area contributed by atoms with Crippen LogP contribution in [0.2, 0.25) is 0 Å². The maximum absolute atomic E-state index is 11.9. The molecule has 1 saturated carbocycles. The summed E-state index contributed by atoms with van der Waals surface area (Å²) in [6.45, 7) is -0.757. The first-order valence-electron chi connectivity index (χ1n) is 5.91. The van der Waals surface area contributed by atoms with Gasteiger partial charge in [-0.25, -0.2) is 0 Å². The molecule has 0 spiro atoms. The Kier molecular flexibility index (Phi) is 5.24. The number of hydrogen-bond acceptors (Lipinski definition) is 2. The van der Waals surface area contributed by atoms with E-state index >= 15 is 0 Å². The second-order valence-electron chi connectivity index (χ2n) is 4.55. The molecule has 1 rings (SSSR count). The molecule has 0 bridgehead atoms. The lowest BCUT2D eigenvalue weighted by atomic mass is 10.0. The summed E-state index contributed by atoms with van der Waals surface area (Å²) >= 11 is 0. The Morgan fingerprint density at radius 1 is 1.35 bits per heavy atom. The maximum atomic E-state index is 11.9. The largest absolute Gasteiger partial charge is 0.416 e. The van der Waals surface area contributed by atoms with E-state index in [9.17, 15) is 18.0 Å². The topological polar surface area (TPSA) is 49.3 Å². The van der Waals surface area contributed by atoms with Crippen molar-refractivity contribution >= 4 is 5.91 Å². The summed E-state index contributed by atoms with van der Waals surface area (Å²) in [5.74, 6) is 0.119. The number of rotatable bonds is 5. The van der Waals surface area contributed by atoms with Gasteiger partial charge in [0.25, 0.3) is 0 Å². The van der Waals surface area contributed by atoms with Crippen molar-refractivity contribution in [2.75, 3.05) is 6.54 Å². The van der Waals surface area contributed by atoms with Gasteiger partial charge in [0.05, 0.1) is 6.54 Å². The molecule has 1 aliphatic carbocycles. The van der Waals surface area contributed by atoms with E-state index in [1.54, 1.807) is 0 Å². The second kappa shape index (κ2) is 6.23. The highest BCUT2D eigenvalue weighted by atomic mass is 19.4. The lowest BCUT2D eigenvalue weighted by Gasteiger charge is -2.15. The minimum atomic E-state index is -4.67. The Morgan fingerprint density at radius 3 is 2.47 bits per heavy atom. The van der Waals surface area contributed by atoms with Gasteiger partial charge < -0.3 is 10.4 Å². The van der Waals surface area contributed by atoms with Crippen LogP contribution in [0.25, 0.3) is 0 Å². The quantitative estimate of drug-likeness (QED) is 0.787. The average molecular weight is 253 g/mol. The van der Waals surface area contributed by atoms with E-state index in [1.807, 2.05) is 0 Å². The van der Waals surface area contributed by atoms with Crippen LogP contribution in [0, 0.1) is 5.92 Å². The maximum Gasteiger partial charge on any atom is 0.416 e. The molecule has 6 heteroatoms. The van der Waals surface area contributed by atoms with Crippen LogP contribution < -0.4 is 5.32 Å². The lowest BCUT2D eigenvalue weighted by Crippen LogP contribution is -2.40. The third kappa shape index (κ3) is 5.39. The predicted molar refractivity (Wildman–Crippen MR) is 56.3 cm³/mol. The zero-order valence-electron chi connectivity index (χ0n) is 9.59. The van der Waals surface area contributed by atoms with Gasteiger partial charge in [0.1, 0.15) is 0 Å². The SMILES string of the molecule is O=C(CCC1CCCC1)NCC(O)C(F)(F)F. The van der Waals surface area contributed by atoms with Crippen molar-refractivity contribution in [2.24, 2.45) is 5.92 Å². The van der Waals surface area contributed by atoms with Crippen LogP contribution in [0.15, 0.2) is 0 Å². The Balaban J connectivity index is 2.12. The summed E-state index contributed by atoms with van der Waals surface area (Å²) < 4.78 is 35.8. The molecule has 1 amide bonds. The molecule has 1 unspecified atom stereocenters. The smallest absolute Gasteiger partial charge is 0.382 e. The molecule has 0 aromatic heterocycles. The number of amides is 1. The first kappa shape index (κ1) is 14.3. The van der Waals surface area contributed by atoms with Crippen LogP contribution in [0.5, 0.6) is 0 Å². The van der Waals surface area contributed by atoms with Crippen molar-refractivity contribution in [1.29, 1.82) is 0 Å². The average Bonchev–Trinajstić information content (AvgIpc) is 2.74. The van der Waals surface area contributed by atoms with Crippen molar-refractivity contribution in [3.8, 4) is 0 Å². The normalized spacial score (nSPS) is 19.3. The van der Waals surface area contributed by atoms with E-state index in [0.717, 1.165) is 19.3 Å². The molecule has 0 aromatic rings. The van der Waals surface area contributed by atoms with Gasteiger partial charge in [0.2, 0.25) is 5.91 Å². The highest BCUT2D eigenvalue weighted by molar-refractivity contribution is 5.75. The number of hydrogen-bond donors (Lipinski definition) is 2. The molecule has 0 radical (unpaired) electrons. The van der Waals surface area contributed by atoms with E-state index in [1.165, 1.54) is 12.8 Å². The Morgan fingerprint density at radius 2 is 1.94 bits per heavy atom. The fraction of sp³-hybridized carbons (Fsp3) is 0.909. The first-order chi connectivity index (χ1) is 7.89. The lowest BCUT2D eigenvalue weighted by molar-refractivity contribution is -0.201. The van der Waals surface area contributed by atoms with Gasteiger partial charge in [-0.05, 0) is 12.3 Å². The molecule has 1 atom stereocenters. The number of alkyl halides is 3. The summed E-state index contributed by atoms with van der Waals surface area (Å²) in [7, 11) is 0. The fourth-order valence-electron chi connectivity index (χ4n) is 2.05. The molecule has 1 aliphatic rings. The zero-order chi connectivity index (χ0) is 12.9. The van der Waals surface area contributed by atoms with E-state index in [-0.39, 0.29) is 6.42 Å². The van der Waals surface area contributed by atoms with Crippen molar-refractivity contribution < 1.29 is 23.1 Å². The first-order valence-corrected chi connectivity index (χ1v) is 5.91. The number of aliphatic hydroxyl groups excluding tert-OH is 1. The standard InChI is InChI=1S/C11H18F3NO2/c12-11(13,14)9(16)7-15-10(17)6-5-8-3-1-2-4-8/h8-9,16H,1-7H2,(H,15,17). The van der Waals surface area contributed by atoms with Gasteiger partial charge in [0.15, 0.2) is 6.10 Å². The fourth-order valence-corrected chi connectivity index (χ4v) is 2.05. The molecule has 0 aromatic carbocycles. The van der Waals surface area contributed by atoms with E-state index < -0.39 is 24.7 Å². The summed E-state index contributed by atoms with van der Waals surface area (Å²) in [6, 6.07) is 0. The minimum Gasteiger partial charge on any atom is -0.382 e. The van der Waals surface area contributed by atoms with Crippen LogP contribution in [-0.2, 0) is 4.79 Å². The number of carbonyl (C=O) groups is 1. The highest BCUT2D eigenvalue weighted by Gasteiger charge is 2.38. The molecule has 0 aliphatic heterocycles. The summed E-state index contributed by atoms with van der Waals surface area (Å²) in [5, 5.41) is 10.8. The van der Waals surface area contributed by atoms with Crippen molar-refractivity contribution in [1.82, 2.24) is 5.32 Å². The number of halogens is 3. The third-order valence-electron chi connectivity index (χ3n) is 3.12. The van der Waals surface area contributed by atoms with Gasteiger partial charge in [-0.15, -0.1) is 0 Å². The second-order valence-corrected chi connectivity index (χ2v) is 4.55. The molecule has 0 saturated heterocycles. The Hall–Kier alpha value is -0.780. The van der Waals surface area contributed by atoms with Crippen molar-refractivity contribution in [3.63, 3.8) is 0 Å². The van der Waals surface area contributed by atoms with Gasteiger partial charge in [-0.2, -0.15) is 13.2 Å². The molecule has 0 heterocycles. The van der Waals surface area contributed by atoms with Gasteiger partial charge in [0, 0.05) is 6.42 Å². The monoisotopic (exact) mass is 253 g/mol. The van der Waals surface area contributed by atoms with Gasteiger partial charge in [-0.1, -0.05) is 25.7 Å². The van der Waals surface area contributed by atoms with Crippen LogP contribution in [0.3, 0.4) is 0 Å². The number of aliphatic hydroxyl groups is 1. The van der Waals surface area contributed by atoms with Crippen LogP contribution in [0.1, 0.15) is 38.5 Å². The molecular formula is C11H18F3NO2. The van der Waals surface area contributed by atoms with E-state index in [2.05, 4.69) is 5.32 Å². The molecule has 2 N–H and O–H groups in total. The Labute approximate surface area is 98.4 Å². The van der Waals surface area contributed by atoms with Gasteiger partial charge in [-0.3, -0.25) is 4.79 Å². The number of nitrogens with one attached hydrogen (secondary N) is 1. The molecular weight excluding hydrogens is 235 g/mol. The molecule has 3 nitrogen and oxygen atoms in total. The van der Waals surface area contributed by atoms with Gasteiger partial charge >= 0.3 is 6.18 Å². The summed E-state index contributed by atoms with van der Waals surface area (Å²) in [6.07, 6.45) is -1.59. The minimum absolute atomic E-state index is 0.245. The van der Waals surface area contributed by atoms with E-state index in [0.29, 0.717) is 5.92 Å². The number of carbonyl (C=O) groups excluding carboxylic acids is 1. The van der Waals surface area contributed by atoms with Crippen molar-refractivity contribution in [3.05, 3.63) is 0 Å². The zero-order valence-corrected chi connectivity index (χ0v) is 9.59. The van der Waals surface area contributed by atoms with Crippen LogP contribution >= 0.6 is 0 Å². The van der Waals surface area contributed by atoms with Crippen LogP contribution in [-0.4, -0.2) is 29.8 Å². The van der Waals surface area contributed by atoms with E-state index in [4.69, 9.17) is 5.11 Å².